The van der Waals surface area contributed by atoms with Crippen LogP contribution in [-0.2, 0) is 5.41 Å². The molecule has 2 aliphatic rings. The lowest BCUT2D eigenvalue weighted by Gasteiger charge is -2.46. The van der Waals surface area contributed by atoms with Crippen molar-refractivity contribution in [2.24, 2.45) is 0 Å². The Labute approximate surface area is 299 Å². The molecule has 1 unspecified atom stereocenters. The molecule has 1 atom stereocenters. The fraction of sp³-hybridized carbons (Fsp3) is 0.0213. The average Bonchev–Trinajstić information content (AvgIpc) is 3.55. The first kappa shape index (κ1) is 28.3. The number of benzene rings is 8. The van der Waals surface area contributed by atoms with Crippen LogP contribution in [-0.4, -0.2) is 0 Å². The highest BCUT2D eigenvalue weighted by Gasteiger charge is 2.48. The monoisotopic (exact) mass is 671 g/mol. The van der Waals surface area contributed by atoms with E-state index in [0.29, 0.717) is 0 Å². The van der Waals surface area contributed by atoms with Crippen LogP contribution in [0.4, 0.5) is 17.1 Å². The van der Waals surface area contributed by atoms with Crippen molar-refractivity contribution < 1.29 is 0 Å². The van der Waals surface area contributed by atoms with Crippen LogP contribution in [0, 0.1) is 0 Å². The molecule has 0 N–H and O–H groups in total. The number of nitrogens with zero attached hydrogens (tertiary/aromatic N) is 1. The van der Waals surface area contributed by atoms with E-state index in [-0.39, 0.29) is 0 Å². The quantitative estimate of drug-likeness (QED) is 0.184. The van der Waals surface area contributed by atoms with Gasteiger partial charge < -0.3 is 4.90 Å². The van der Waals surface area contributed by atoms with Crippen molar-refractivity contribution in [1.82, 2.24) is 0 Å². The number of hydrogen-bond acceptors (Lipinski definition) is 3. The zero-order valence-electron chi connectivity index (χ0n) is 27.0. The topological polar surface area (TPSA) is 3.24 Å². The molecule has 1 aromatic heterocycles. The maximum atomic E-state index is 2.49. The lowest BCUT2D eigenvalue weighted by atomic mass is 9.59. The van der Waals surface area contributed by atoms with Crippen LogP contribution < -0.4 is 4.90 Å². The van der Waals surface area contributed by atoms with Gasteiger partial charge in [0.2, 0.25) is 0 Å². The van der Waals surface area contributed by atoms with Crippen LogP contribution in [0.3, 0.4) is 0 Å². The van der Waals surface area contributed by atoms with E-state index in [1.54, 1.807) is 0 Å². The van der Waals surface area contributed by atoms with Crippen LogP contribution in [0.25, 0.3) is 42.1 Å². The third kappa shape index (κ3) is 3.85. The molecular weight excluding hydrogens is 643 g/mol. The fourth-order valence-electron chi connectivity index (χ4n) is 8.69. The lowest BCUT2D eigenvalue weighted by Crippen LogP contribution is -2.36. The summed E-state index contributed by atoms with van der Waals surface area (Å²) >= 11 is 3.76. The number of anilines is 3. The Morgan fingerprint density at radius 3 is 1.98 bits per heavy atom. The highest BCUT2D eigenvalue weighted by atomic mass is 32.2. The van der Waals surface area contributed by atoms with Gasteiger partial charge in [0.1, 0.15) is 0 Å². The van der Waals surface area contributed by atoms with Crippen molar-refractivity contribution in [3.63, 3.8) is 0 Å². The Kier molecular flexibility index (Phi) is 6.04. The SMILES string of the molecule is c1ccc(N(c2ccc3c(c2)C2(c4ccccc4S3)c3ccccc3-c3cccc4cccc2c34)c2ccc3c(c2)sc2ccccc23)cc1. The van der Waals surface area contributed by atoms with Crippen LogP contribution in [0.1, 0.15) is 22.3 Å². The Morgan fingerprint density at radius 2 is 1.06 bits per heavy atom. The number of rotatable bonds is 3. The summed E-state index contributed by atoms with van der Waals surface area (Å²) in [5.41, 5.74) is 11.0. The van der Waals surface area contributed by atoms with Crippen molar-refractivity contribution in [2.75, 3.05) is 4.90 Å². The molecule has 11 rings (SSSR count). The van der Waals surface area contributed by atoms with E-state index in [0.717, 1.165) is 17.1 Å². The third-order valence-electron chi connectivity index (χ3n) is 10.7. The molecule has 1 aliphatic carbocycles. The highest BCUT2D eigenvalue weighted by molar-refractivity contribution is 7.99. The summed E-state index contributed by atoms with van der Waals surface area (Å²) in [6.07, 6.45) is 0. The minimum absolute atomic E-state index is 0.491. The normalized spacial score (nSPS) is 15.6. The minimum atomic E-state index is -0.491. The summed E-state index contributed by atoms with van der Waals surface area (Å²) in [7, 11) is 0. The molecular formula is C47H29NS2. The van der Waals surface area contributed by atoms with Crippen molar-refractivity contribution in [3.8, 4) is 11.1 Å². The first-order valence-corrected chi connectivity index (χ1v) is 18.7. The van der Waals surface area contributed by atoms with Gasteiger partial charge in [-0.2, -0.15) is 0 Å². The van der Waals surface area contributed by atoms with E-state index in [4.69, 9.17) is 0 Å². The molecule has 0 fully saturated rings. The maximum absolute atomic E-state index is 2.49. The average molecular weight is 672 g/mol. The van der Waals surface area contributed by atoms with Crippen LogP contribution in [0.15, 0.2) is 186 Å². The highest BCUT2D eigenvalue weighted by Crippen LogP contribution is 2.61. The van der Waals surface area contributed by atoms with Crippen LogP contribution in [0.5, 0.6) is 0 Å². The van der Waals surface area contributed by atoms with E-state index in [1.165, 1.54) is 74.1 Å². The predicted molar refractivity (Wildman–Crippen MR) is 213 cm³/mol. The van der Waals surface area contributed by atoms with Crippen molar-refractivity contribution >= 4 is 71.1 Å². The molecule has 1 nitrogen and oxygen atoms in total. The molecule has 1 aliphatic heterocycles. The second-order valence-electron chi connectivity index (χ2n) is 13.2. The van der Waals surface area contributed by atoms with Gasteiger partial charge in [-0.25, -0.2) is 0 Å². The Bertz CT molecular complexity index is 2810. The Balaban J connectivity index is 1.22. The molecule has 0 amide bonds. The van der Waals surface area contributed by atoms with Crippen LogP contribution in [0.2, 0.25) is 0 Å². The molecule has 0 bridgehead atoms. The molecule has 1 spiro atoms. The summed E-state index contributed by atoms with van der Waals surface area (Å²) in [5, 5.41) is 5.26. The number of hydrogen-bond donors (Lipinski definition) is 0. The smallest absolute Gasteiger partial charge is 0.0736 e. The van der Waals surface area contributed by atoms with Gasteiger partial charge in [0, 0.05) is 47.0 Å². The number of thiophene rings is 1. The molecule has 50 heavy (non-hydrogen) atoms. The summed E-state index contributed by atoms with van der Waals surface area (Å²) in [5.74, 6) is 0. The summed E-state index contributed by atoms with van der Waals surface area (Å²) in [6.45, 7) is 0. The van der Waals surface area contributed by atoms with Gasteiger partial charge in [-0.1, -0.05) is 133 Å². The maximum Gasteiger partial charge on any atom is 0.0736 e. The van der Waals surface area contributed by atoms with Gasteiger partial charge in [-0.3, -0.25) is 0 Å². The second-order valence-corrected chi connectivity index (χ2v) is 15.4. The van der Waals surface area contributed by atoms with E-state index < -0.39 is 5.41 Å². The first-order chi connectivity index (χ1) is 24.8. The molecule has 234 valence electrons. The summed E-state index contributed by atoms with van der Waals surface area (Å²) in [6, 6.07) is 65.6. The van der Waals surface area contributed by atoms with Gasteiger partial charge in [0.05, 0.1) is 5.41 Å². The van der Waals surface area contributed by atoms with Gasteiger partial charge in [0.25, 0.3) is 0 Å². The molecule has 0 saturated carbocycles. The van der Waals surface area contributed by atoms with Crippen LogP contribution >= 0.6 is 23.1 Å². The standard InChI is InChI=1S/C47H29NS2/c1-2-14-31(15-3-1)48(33-24-26-36-35-17-5-8-22-42(35)49-45(36)29-33)32-25-27-44-41(28-32)47(39-20-7-9-23-43(39)50-44)38-19-6-4-16-34(38)37-18-10-12-30-13-11-21-40(47)46(30)37/h1-29H. The van der Waals surface area contributed by atoms with Gasteiger partial charge in [-0.05, 0) is 98.8 Å². The fourth-order valence-corrected chi connectivity index (χ4v) is 11.0. The summed E-state index contributed by atoms with van der Waals surface area (Å²) in [4.78, 5) is 5.05. The van der Waals surface area contributed by atoms with Gasteiger partial charge in [-0.15, -0.1) is 11.3 Å². The zero-order chi connectivity index (χ0) is 32.8. The van der Waals surface area contributed by atoms with E-state index >= 15 is 0 Å². The zero-order valence-corrected chi connectivity index (χ0v) is 28.6. The van der Waals surface area contributed by atoms with E-state index in [9.17, 15) is 0 Å². The van der Waals surface area contributed by atoms with E-state index in [1.807, 2.05) is 23.1 Å². The first-order valence-electron chi connectivity index (χ1n) is 17.1. The predicted octanol–water partition coefficient (Wildman–Crippen LogP) is 13.5. The molecule has 9 aromatic rings. The second kappa shape index (κ2) is 10.7. The molecule has 8 aromatic carbocycles. The molecule has 0 radical (unpaired) electrons. The molecule has 3 heteroatoms. The van der Waals surface area contributed by atoms with E-state index in [2.05, 4.69) is 181 Å². The number of para-hydroxylation sites is 1. The van der Waals surface area contributed by atoms with Gasteiger partial charge in [0.15, 0.2) is 0 Å². The lowest BCUT2D eigenvalue weighted by molar-refractivity contribution is 0.707. The Morgan fingerprint density at radius 1 is 0.400 bits per heavy atom. The summed E-state index contributed by atoms with van der Waals surface area (Å²) < 4.78 is 2.62. The minimum Gasteiger partial charge on any atom is -0.310 e. The number of fused-ring (bicyclic) bond motifs is 11. The Hall–Kier alpha value is -5.61. The molecule has 0 saturated heterocycles. The largest absolute Gasteiger partial charge is 0.310 e. The molecule has 2 heterocycles. The van der Waals surface area contributed by atoms with Gasteiger partial charge >= 0.3 is 0 Å². The van der Waals surface area contributed by atoms with Crippen molar-refractivity contribution in [2.45, 2.75) is 15.2 Å². The third-order valence-corrected chi connectivity index (χ3v) is 13.0. The van der Waals surface area contributed by atoms with Crippen molar-refractivity contribution in [1.29, 1.82) is 0 Å². The van der Waals surface area contributed by atoms with Crippen molar-refractivity contribution in [3.05, 3.63) is 198 Å².